The van der Waals surface area contributed by atoms with Crippen LogP contribution in [0.1, 0.15) is 23.7 Å². The molecule has 0 aliphatic carbocycles. The van der Waals surface area contributed by atoms with Crippen LogP contribution in [0.5, 0.6) is 17.2 Å². The van der Waals surface area contributed by atoms with E-state index < -0.39 is 0 Å². The minimum atomic E-state index is 0.436. The molecule has 0 amide bonds. The first-order valence-electron chi connectivity index (χ1n) is 10.2. The molecule has 4 heterocycles. The van der Waals surface area contributed by atoms with Gasteiger partial charge in [0.05, 0.1) is 39.1 Å². The quantitative estimate of drug-likeness (QED) is 0.872. The fraction of sp³-hybridized carbons (Fsp3) is 0.619. The number of benzene rings is 1. The highest BCUT2D eigenvalue weighted by molar-refractivity contribution is 5.95. The molecule has 3 aliphatic heterocycles. The summed E-state index contributed by atoms with van der Waals surface area (Å²) < 4.78 is 17.0. The molecule has 7 heteroatoms. The molecule has 0 unspecified atom stereocenters. The first kappa shape index (κ1) is 18.1. The molecule has 7 nitrogen and oxygen atoms in total. The van der Waals surface area contributed by atoms with Crippen molar-refractivity contribution in [2.75, 3.05) is 61.1 Å². The topological polar surface area (TPSA) is 53.2 Å². The SMILES string of the molecule is COc1cc2[nH]c3c(c2c(OC)c1OC)CCN1[C@@H]3CCN2CCN(C)C[C@H]21. The van der Waals surface area contributed by atoms with Gasteiger partial charge in [-0.05, 0) is 25.5 Å². The second-order valence-corrected chi connectivity index (χ2v) is 8.16. The number of hydrogen-bond donors (Lipinski definition) is 1. The van der Waals surface area contributed by atoms with E-state index in [2.05, 4.69) is 26.7 Å². The van der Waals surface area contributed by atoms with E-state index in [4.69, 9.17) is 14.2 Å². The number of rotatable bonds is 3. The maximum Gasteiger partial charge on any atom is 0.204 e. The fourth-order valence-corrected chi connectivity index (χ4v) is 5.48. The zero-order valence-corrected chi connectivity index (χ0v) is 17.2. The second kappa shape index (κ2) is 6.83. The summed E-state index contributed by atoms with van der Waals surface area (Å²) in [7, 11) is 7.29. The molecule has 1 aromatic heterocycles. The first-order chi connectivity index (χ1) is 13.7. The van der Waals surface area contributed by atoms with Crippen molar-refractivity contribution < 1.29 is 14.2 Å². The molecule has 3 aliphatic rings. The number of ether oxygens (including phenoxy) is 3. The Hall–Kier alpha value is -1.96. The predicted molar refractivity (Wildman–Crippen MR) is 109 cm³/mol. The van der Waals surface area contributed by atoms with Gasteiger partial charge in [-0.15, -0.1) is 0 Å². The number of nitrogens with one attached hydrogen (secondary N) is 1. The van der Waals surface area contributed by atoms with E-state index in [0.29, 0.717) is 23.7 Å². The number of aromatic amines is 1. The van der Waals surface area contributed by atoms with E-state index in [-0.39, 0.29) is 0 Å². The number of aromatic nitrogens is 1. The predicted octanol–water partition coefficient (Wildman–Crippen LogP) is 2.07. The van der Waals surface area contributed by atoms with Gasteiger partial charge in [-0.3, -0.25) is 9.80 Å². The molecule has 0 spiro atoms. The molecule has 1 aromatic carbocycles. The van der Waals surface area contributed by atoms with E-state index in [1.165, 1.54) is 24.3 Å². The van der Waals surface area contributed by atoms with Crippen LogP contribution >= 0.6 is 0 Å². The summed E-state index contributed by atoms with van der Waals surface area (Å²) in [6.07, 6.45) is 2.70. The van der Waals surface area contributed by atoms with Crippen LogP contribution in [0.25, 0.3) is 10.9 Å². The highest BCUT2D eigenvalue weighted by atomic mass is 16.5. The van der Waals surface area contributed by atoms with Crippen molar-refractivity contribution in [1.29, 1.82) is 0 Å². The van der Waals surface area contributed by atoms with Crippen LogP contribution in [-0.4, -0.2) is 87.0 Å². The summed E-state index contributed by atoms with van der Waals surface area (Å²) in [5.41, 5.74) is 3.80. The number of methoxy groups -OCH3 is 3. The van der Waals surface area contributed by atoms with Crippen LogP contribution in [0.3, 0.4) is 0 Å². The van der Waals surface area contributed by atoms with Gasteiger partial charge in [-0.2, -0.15) is 0 Å². The van der Waals surface area contributed by atoms with Gasteiger partial charge in [0.25, 0.3) is 0 Å². The first-order valence-corrected chi connectivity index (χ1v) is 10.2. The maximum absolute atomic E-state index is 5.80. The molecule has 2 saturated heterocycles. The van der Waals surface area contributed by atoms with Gasteiger partial charge in [0.2, 0.25) is 5.75 Å². The average Bonchev–Trinajstić information content (AvgIpc) is 3.10. The van der Waals surface area contributed by atoms with Crippen LogP contribution in [-0.2, 0) is 6.42 Å². The van der Waals surface area contributed by atoms with Gasteiger partial charge in [0, 0.05) is 49.9 Å². The van der Waals surface area contributed by atoms with E-state index in [1.54, 1.807) is 21.3 Å². The monoisotopic (exact) mass is 386 g/mol. The van der Waals surface area contributed by atoms with E-state index >= 15 is 0 Å². The molecule has 2 atom stereocenters. The Balaban J connectivity index is 1.61. The van der Waals surface area contributed by atoms with Crippen molar-refractivity contribution in [2.24, 2.45) is 0 Å². The third kappa shape index (κ3) is 2.53. The van der Waals surface area contributed by atoms with E-state index in [9.17, 15) is 0 Å². The van der Waals surface area contributed by atoms with Gasteiger partial charge in [-0.25, -0.2) is 0 Å². The lowest BCUT2D eigenvalue weighted by Crippen LogP contribution is -2.64. The Kier molecular flexibility index (Phi) is 4.41. The highest BCUT2D eigenvalue weighted by Crippen LogP contribution is 2.49. The number of nitrogens with zero attached hydrogens (tertiary/aromatic N) is 3. The lowest BCUT2D eigenvalue weighted by atomic mass is 9.91. The zero-order valence-electron chi connectivity index (χ0n) is 17.2. The maximum atomic E-state index is 5.80. The molecular formula is C21H30N4O3. The summed E-state index contributed by atoms with van der Waals surface area (Å²) in [5, 5.41) is 1.15. The molecule has 5 rings (SSSR count). The second-order valence-electron chi connectivity index (χ2n) is 8.16. The van der Waals surface area contributed by atoms with E-state index in [1.807, 2.05) is 6.07 Å². The molecular weight excluding hydrogens is 356 g/mol. The van der Waals surface area contributed by atoms with Crippen LogP contribution < -0.4 is 14.2 Å². The van der Waals surface area contributed by atoms with Crippen LogP contribution in [0, 0.1) is 0 Å². The summed E-state index contributed by atoms with van der Waals surface area (Å²) in [6, 6.07) is 2.48. The third-order valence-corrected chi connectivity index (χ3v) is 6.82. The van der Waals surface area contributed by atoms with Crippen molar-refractivity contribution in [3.05, 3.63) is 17.3 Å². The molecule has 2 fully saturated rings. The molecule has 0 saturated carbocycles. The molecule has 1 N–H and O–H groups in total. The van der Waals surface area contributed by atoms with E-state index in [0.717, 1.165) is 49.1 Å². The highest BCUT2D eigenvalue weighted by Gasteiger charge is 2.42. The normalized spacial score (nSPS) is 25.9. The minimum absolute atomic E-state index is 0.436. The number of H-pyrrole nitrogens is 1. The van der Waals surface area contributed by atoms with Crippen molar-refractivity contribution in [2.45, 2.75) is 25.0 Å². The Bertz CT molecular complexity index is 896. The van der Waals surface area contributed by atoms with Crippen LogP contribution in [0.4, 0.5) is 0 Å². The Morgan fingerprint density at radius 1 is 1.00 bits per heavy atom. The number of hydrogen-bond acceptors (Lipinski definition) is 6. The number of piperazine rings is 1. The standard InChI is InChI=1S/C21H30N4O3/c1-23-9-10-24-7-6-15-19-13(5-8-25(15)17(24)12-23)18-14(22-19)11-16(26-2)20(27-3)21(18)28-4/h11,15,17,22H,5-10,12H2,1-4H3/t15-,17-/m1/s1. The summed E-state index contributed by atoms with van der Waals surface area (Å²) in [6.45, 7) is 5.71. The van der Waals surface area contributed by atoms with Gasteiger partial charge in [0.15, 0.2) is 11.5 Å². The van der Waals surface area contributed by atoms with Crippen LogP contribution in [0.2, 0.25) is 0 Å². The third-order valence-electron chi connectivity index (χ3n) is 6.82. The zero-order chi connectivity index (χ0) is 19.4. The van der Waals surface area contributed by atoms with Crippen molar-refractivity contribution in [1.82, 2.24) is 19.7 Å². The number of likely N-dealkylation sites (N-methyl/N-ethyl adjacent to an activating group) is 1. The van der Waals surface area contributed by atoms with Gasteiger partial charge in [0.1, 0.15) is 0 Å². The lowest BCUT2D eigenvalue weighted by Gasteiger charge is -2.53. The number of fused-ring (bicyclic) bond motifs is 7. The van der Waals surface area contributed by atoms with Crippen molar-refractivity contribution in [3.8, 4) is 17.2 Å². The largest absolute Gasteiger partial charge is 0.493 e. The fourth-order valence-electron chi connectivity index (χ4n) is 5.48. The Labute approximate surface area is 166 Å². The van der Waals surface area contributed by atoms with Crippen molar-refractivity contribution in [3.63, 3.8) is 0 Å². The van der Waals surface area contributed by atoms with Gasteiger partial charge in [-0.1, -0.05) is 0 Å². The van der Waals surface area contributed by atoms with Gasteiger partial charge >= 0.3 is 0 Å². The van der Waals surface area contributed by atoms with Crippen LogP contribution in [0.15, 0.2) is 6.07 Å². The van der Waals surface area contributed by atoms with Gasteiger partial charge < -0.3 is 24.1 Å². The molecule has 2 aromatic rings. The van der Waals surface area contributed by atoms with Crippen molar-refractivity contribution >= 4 is 10.9 Å². The minimum Gasteiger partial charge on any atom is -0.493 e. The molecule has 152 valence electrons. The smallest absolute Gasteiger partial charge is 0.204 e. The summed E-state index contributed by atoms with van der Waals surface area (Å²) in [5.74, 6) is 2.15. The lowest BCUT2D eigenvalue weighted by molar-refractivity contribution is -0.0772. The molecule has 0 bridgehead atoms. The molecule has 0 radical (unpaired) electrons. The molecule has 28 heavy (non-hydrogen) atoms. The Morgan fingerprint density at radius 2 is 1.82 bits per heavy atom. The summed E-state index contributed by atoms with van der Waals surface area (Å²) in [4.78, 5) is 11.6. The average molecular weight is 386 g/mol. The Morgan fingerprint density at radius 3 is 2.57 bits per heavy atom. The summed E-state index contributed by atoms with van der Waals surface area (Å²) >= 11 is 0.